The van der Waals surface area contributed by atoms with Crippen molar-refractivity contribution in [2.45, 2.75) is 24.3 Å². The van der Waals surface area contributed by atoms with Crippen LogP contribution in [0.15, 0.2) is 59.5 Å². The average molecular weight is 376 g/mol. The molecule has 0 bridgehead atoms. The number of hydrogen-bond acceptors (Lipinski definition) is 3. The van der Waals surface area contributed by atoms with Crippen LogP contribution in [-0.2, 0) is 21.4 Å². The van der Waals surface area contributed by atoms with E-state index >= 15 is 0 Å². The summed E-state index contributed by atoms with van der Waals surface area (Å²) in [6, 6.07) is 13.7. The first-order valence-corrected chi connectivity index (χ1v) is 9.98. The van der Waals surface area contributed by atoms with Gasteiger partial charge in [-0.3, -0.25) is 4.79 Å². The Balaban J connectivity index is 1.87. The fraction of sp³-hybridized carbons (Fsp3) is 0.316. The van der Waals surface area contributed by atoms with Crippen molar-refractivity contribution in [3.8, 4) is 0 Å². The molecule has 26 heavy (non-hydrogen) atoms. The van der Waals surface area contributed by atoms with E-state index in [4.69, 9.17) is 0 Å². The van der Waals surface area contributed by atoms with Gasteiger partial charge in [0.15, 0.2) is 0 Å². The molecule has 2 aromatic carbocycles. The second-order valence-electron chi connectivity index (χ2n) is 6.30. The maximum Gasteiger partial charge on any atom is 0.243 e. The lowest BCUT2D eigenvalue weighted by Crippen LogP contribution is -2.41. The highest BCUT2D eigenvalue weighted by atomic mass is 32.2. The molecule has 138 valence electrons. The van der Waals surface area contributed by atoms with Crippen LogP contribution in [0.2, 0.25) is 0 Å². The molecule has 1 saturated heterocycles. The molecule has 0 unspecified atom stereocenters. The van der Waals surface area contributed by atoms with E-state index in [9.17, 15) is 17.6 Å². The van der Waals surface area contributed by atoms with Gasteiger partial charge in [-0.05, 0) is 42.7 Å². The number of hydrogen-bond donors (Lipinski definition) is 0. The topological polar surface area (TPSA) is 57.7 Å². The molecule has 1 amide bonds. The third-order valence-electron chi connectivity index (χ3n) is 4.42. The molecule has 0 N–H and O–H groups in total. The predicted molar refractivity (Wildman–Crippen MR) is 96.3 cm³/mol. The SMILES string of the molecule is O=C(CN(Cc1ccc(F)cc1)S(=O)(=O)c1ccccc1)N1CCCC1. The van der Waals surface area contributed by atoms with Gasteiger partial charge in [-0.2, -0.15) is 4.31 Å². The van der Waals surface area contributed by atoms with Crippen molar-refractivity contribution in [3.63, 3.8) is 0 Å². The number of amides is 1. The Bertz CT molecular complexity index is 848. The zero-order valence-electron chi connectivity index (χ0n) is 14.3. The van der Waals surface area contributed by atoms with Crippen LogP contribution in [0.4, 0.5) is 4.39 Å². The minimum Gasteiger partial charge on any atom is -0.342 e. The van der Waals surface area contributed by atoms with Crippen LogP contribution < -0.4 is 0 Å². The molecule has 0 saturated carbocycles. The number of rotatable bonds is 6. The van der Waals surface area contributed by atoms with Crippen LogP contribution in [0.25, 0.3) is 0 Å². The van der Waals surface area contributed by atoms with Crippen LogP contribution in [0, 0.1) is 5.82 Å². The Labute approximate surface area is 153 Å². The van der Waals surface area contributed by atoms with Crippen molar-refractivity contribution < 1.29 is 17.6 Å². The Kier molecular flexibility index (Phi) is 5.68. The standard InChI is InChI=1S/C19H21FN2O3S/c20-17-10-8-16(9-11-17)14-22(15-19(23)21-12-4-5-13-21)26(24,25)18-6-2-1-3-7-18/h1-3,6-11H,4-5,12-15H2. The van der Waals surface area contributed by atoms with Crippen molar-refractivity contribution in [2.75, 3.05) is 19.6 Å². The van der Waals surface area contributed by atoms with E-state index in [-0.39, 0.29) is 29.7 Å². The van der Waals surface area contributed by atoms with Gasteiger partial charge in [0.1, 0.15) is 5.82 Å². The van der Waals surface area contributed by atoms with Gasteiger partial charge in [0.2, 0.25) is 15.9 Å². The monoisotopic (exact) mass is 376 g/mol. The first-order chi connectivity index (χ1) is 12.5. The normalized spacial score (nSPS) is 14.8. The lowest BCUT2D eigenvalue weighted by molar-refractivity contribution is -0.130. The van der Waals surface area contributed by atoms with Gasteiger partial charge < -0.3 is 4.90 Å². The molecule has 1 heterocycles. The number of carbonyl (C=O) groups is 1. The predicted octanol–water partition coefficient (Wildman–Crippen LogP) is 2.64. The molecule has 7 heteroatoms. The maximum absolute atomic E-state index is 13.1. The van der Waals surface area contributed by atoms with Crippen molar-refractivity contribution in [1.29, 1.82) is 0 Å². The quantitative estimate of drug-likeness (QED) is 0.779. The summed E-state index contributed by atoms with van der Waals surface area (Å²) in [5.74, 6) is -0.594. The fourth-order valence-electron chi connectivity index (χ4n) is 2.98. The molecule has 3 rings (SSSR count). The Morgan fingerprint density at radius 2 is 1.62 bits per heavy atom. The fourth-order valence-corrected chi connectivity index (χ4v) is 4.38. The van der Waals surface area contributed by atoms with Crippen molar-refractivity contribution >= 4 is 15.9 Å². The molecular formula is C19H21FN2O3S. The van der Waals surface area contributed by atoms with Crippen molar-refractivity contribution in [1.82, 2.24) is 9.21 Å². The summed E-state index contributed by atoms with van der Waals surface area (Å²) in [4.78, 5) is 14.4. The second-order valence-corrected chi connectivity index (χ2v) is 8.24. The summed E-state index contributed by atoms with van der Waals surface area (Å²) >= 11 is 0. The molecule has 0 atom stereocenters. The van der Waals surface area contributed by atoms with Gasteiger partial charge in [0, 0.05) is 19.6 Å². The molecule has 1 aliphatic heterocycles. The van der Waals surface area contributed by atoms with Crippen LogP contribution >= 0.6 is 0 Å². The minimum absolute atomic E-state index is 0.0110. The summed E-state index contributed by atoms with van der Waals surface area (Å²) in [6.07, 6.45) is 1.88. The lowest BCUT2D eigenvalue weighted by atomic mass is 10.2. The van der Waals surface area contributed by atoms with Gasteiger partial charge in [-0.15, -0.1) is 0 Å². The lowest BCUT2D eigenvalue weighted by Gasteiger charge is -2.24. The van der Waals surface area contributed by atoms with Gasteiger partial charge in [0.05, 0.1) is 11.4 Å². The number of likely N-dealkylation sites (tertiary alicyclic amines) is 1. The third kappa shape index (κ3) is 4.28. The van der Waals surface area contributed by atoms with Gasteiger partial charge in [-0.25, -0.2) is 12.8 Å². The third-order valence-corrected chi connectivity index (χ3v) is 6.23. The number of sulfonamides is 1. The summed E-state index contributed by atoms with van der Waals surface area (Å²) in [6.45, 7) is 1.11. The van der Waals surface area contributed by atoms with Gasteiger partial charge >= 0.3 is 0 Å². The van der Waals surface area contributed by atoms with E-state index in [0.29, 0.717) is 18.7 Å². The number of benzene rings is 2. The zero-order chi connectivity index (χ0) is 18.6. The minimum atomic E-state index is -3.84. The van der Waals surface area contributed by atoms with Crippen LogP contribution in [-0.4, -0.2) is 43.2 Å². The maximum atomic E-state index is 13.1. The van der Waals surface area contributed by atoms with E-state index in [2.05, 4.69) is 0 Å². The Morgan fingerprint density at radius 3 is 2.23 bits per heavy atom. The highest BCUT2D eigenvalue weighted by Crippen LogP contribution is 2.19. The molecule has 0 aromatic heterocycles. The highest BCUT2D eigenvalue weighted by Gasteiger charge is 2.29. The summed E-state index contributed by atoms with van der Waals surface area (Å²) in [7, 11) is -3.84. The van der Waals surface area contributed by atoms with Gasteiger partial charge in [0.25, 0.3) is 0 Å². The molecule has 5 nitrogen and oxygen atoms in total. The second kappa shape index (κ2) is 7.97. The first kappa shape index (κ1) is 18.5. The van der Waals surface area contributed by atoms with Crippen LogP contribution in [0.1, 0.15) is 18.4 Å². The van der Waals surface area contributed by atoms with Crippen molar-refractivity contribution in [2.24, 2.45) is 0 Å². The van der Waals surface area contributed by atoms with E-state index in [0.717, 1.165) is 17.1 Å². The summed E-state index contributed by atoms with van der Waals surface area (Å²) in [5, 5.41) is 0. The smallest absolute Gasteiger partial charge is 0.243 e. The molecule has 0 radical (unpaired) electrons. The van der Waals surface area contributed by atoms with Crippen LogP contribution in [0.5, 0.6) is 0 Å². The van der Waals surface area contributed by atoms with Crippen LogP contribution in [0.3, 0.4) is 0 Å². The Hall–Kier alpha value is -2.25. The van der Waals surface area contributed by atoms with E-state index in [1.807, 2.05) is 0 Å². The molecule has 2 aromatic rings. The highest BCUT2D eigenvalue weighted by molar-refractivity contribution is 7.89. The summed E-state index contributed by atoms with van der Waals surface area (Å²) < 4.78 is 40.4. The molecule has 0 aliphatic carbocycles. The number of halogens is 1. The van der Waals surface area contributed by atoms with E-state index in [1.54, 1.807) is 23.1 Å². The van der Waals surface area contributed by atoms with E-state index in [1.165, 1.54) is 36.4 Å². The van der Waals surface area contributed by atoms with E-state index < -0.39 is 10.0 Å². The molecular weight excluding hydrogens is 355 g/mol. The largest absolute Gasteiger partial charge is 0.342 e. The molecule has 1 aliphatic rings. The first-order valence-electron chi connectivity index (χ1n) is 8.54. The number of nitrogens with zero attached hydrogens (tertiary/aromatic N) is 2. The number of carbonyl (C=O) groups excluding carboxylic acids is 1. The average Bonchev–Trinajstić information content (AvgIpc) is 3.18. The van der Waals surface area contributed by atoms with Gasteiger partial charge in [-0.1, -0.05) is 30.3 Å². The molecule has 1 fully saturated rings. The summed E-state index contributed by atoms with van der Waals surface area (Å²) in [5.41, 5.74) is 0.625. The zero-order valence-corrected chi connectivity index (χ0v) is 15.2. The Morgan fingerprint density at radius 1 is 1.00 bits per heavy atom. The molecule has 0 spiro atoms. The van der Waals surface area contributed by atoms with Crippen molar-refractivity contribution in [3.05, 3.63) is 66.0 Å².